The van der Waals surface area contributed by atoms with Crippen LogP contribution in [-0.2, 0) is 11.2 Å². The van der Waals surface area contributed by atoms with Gasteiger partial charge in [-0.3, -0.25) is 4.79 Å². The Morgan fingerprint density at radius 3 is 2.59 bits per heavy atom. The number of aliphatic carboxylic acids is 1. The van der Waals surface area contributed by atoms with Gasteiger partial charge < -0.3 is 16.2 Å². The van der Waals surface area contributed by atoms with E-state index < -0.39 is 12.0 Å². The van der Waals surface area contributed by atoms with Crippen LogP contribution in [0.2, 0.25) is 0 Å². The number of carbonyl (C=O) groups is 1. The molecule has 6 heteroatoms. The van der Waals surface area contributed by atoms with E-state index in [0.717, 1.165) is 43.6 Å². The van der Waals surface area contributed by atoms with Gasteiger partial charge in [0.15, 0.2) is 0 Å². The van der Waals surface area contributed by atoms with E-state index in [9.17, 15) is 4.79 Å². The Morgan fingerprint density at radius 1 is 1.27 bits per heavy atom. The largest absolute Gasteiger partial charge is 0.480 e. The molecule has 0 fully saturated rings. The second-order valence-corrected chi connectivity index (χ2v) is 7.01. The average molecular weight is 438 g/mol. The quantitative estimate of drug-likeness (QED) is 0.297. The summed E-state index contributed by atoms with van der Waals surface area (Å²) in [7, 11) is 0. The van der Waals surface area contributed by atoms with Gasteiger partial charge in [-0.05, 0) is 78.8 Å². The van der Waals surface area contributed by atoms with E-state index in [-0.39, 0.29) is 0 Å². The van der Waals surface area contributed by atoms with Gasteiger partial charge in [0.05, 0.1) is 4.99 Å². The van der Waals surface area contributed by atoms with Crippen LogP contribution in [0, 0.1) is 3.57 Å². The monoisotopic (exact) mass is 438 g/mol. The Balaban J connectivity index is 2.04. The van der Waals surface area contributed by atoms with Gasteiger partial charge in [-0.1, -0.05) is 24.4 Å². The molecule has 0 aliphatic carbocycles. The molecule has 4 nitrogen and oxygen atoms in total. The highest BCUT2D eigenvalue weighted by Gasteiger charge is 2.09. The van der Waals surface area contributed by atoms with Crippen molar-refractivity contribution >= 4 is 45.8 Å². The maximum atomic E-state index is 10.6. The van der Waals surface area contributed by atoms with Gasteiger partial charge in [-0.15, -0.1) is 0 Å². The lowest BCUT2D eigenvalue weighted by Gasteiger charge is -2.09. The molecular formula is C16H23IN2O2S. The third kappa shape index (κ3) is 8.65. The third-order valence-corrected chi connectivity index (χ3v) is 4.43. The van der Waals surface area contributed by atoms with Crippen molar-refractivity contribution in [2.75, 3.05) is 6.54 Å². The van der Waals surface area contributed by atoms with E-state index in [4.69, 9.17) is 23.1 Å². The number of halogens is 1. The molecular weight excluding hydrogens is 415 g/mol. The molecule has 0 heterocycles. The van der Waals surface area contributed by atoms with Crippen molar-refractivity contribution in [2.45, 2.75) is 44.6 Å². The van der Waals surface area contributed by atoms with Gasteiger partial charge in [0.25, 0.3) is 0 Å². The number of benzene rings is 1. The van der Waals surface area contributed by atoms with Crippen molar-refractivity contribution in [3.63, 3.8) is 0 Å². The van der Waals surface area contributed by atoms with Gasteiger partial charge in [0.2, 0.25) is 0 Å². The summed E-state index contributed by atoms with van der Waals surface area (Å²) in [6, 6.07) is 7.80. The molecule has 0 saturated heterocycles. The molecule has 0 bridgehead atoms. The minimum Gasteiger partial charge on any atom is -0.480 e. The van der Waals surface area contributed by atoms with Crippen molar-refractivity contribution in [2.24, 2.45) is 5.73 Å². The van der Waals surface area contributed by atoms with Crippen LogP contribution in [0.4, 0.5) is 0 Å². The summed E-state index contributed by atoms with van der Waals surface area (Å²) in [6.07, 6.45) is 5.15. The molecule has 1 aromatic rings. The Kier molecular flexibility index (Phi) is 9.58. The first-order valence-corrected chi connectivity index (χ1v) is 8.97. The lowest BCUT2D eigenvalue weighted by Crippen LogP contribution is -2.30. The fourth-order valence-corrected chi connectivity index (χ4v) is 2.64. The van der Waals surface area contributed by atoms with Crippen LogP contribution in [-0.4, -0.2) is 28.7 Å². The molecule has 1 atom stereocenters. The summed E-state index contributed by atoms with van der Waals surface area (Å²) in [5.41, 5.74) is 6.78. The minimum atomic E-state index is -0.931. The van der Waals surface area contributed by atoms with Crippen LogP contribution in [0.1, 0.15) is 37.7 Å². The highest BCUT2D eigenvalue weighted by Crippen LogP contribution is 2.09. The molecule has 0 spiro atoms. The number of nitrogens with two attached hydrogens (primary N) is 1. The Bertz CT molecular complexity index is 480. The summed E-state index contributed by atoms with van der Waals surface area (Å²) in [5.74, 6) is -0.931. The summed E-state index contributed by atoms with van der Waals surface area (Å²) in [6.45, 7) is 0.786. The van der Waals surface area contributed by atoms with Crippen molar-refractivity contribution < 1.29 is 9.90 Å². The smallest absolute Gasteiger partial charge is 0.320 e. The zero-order valence-corrected chi connectivity index (χ0v) is 15.5. The van der Waals surface area contributed by atoms with Crippen LogP contribution in [0.3, 0.4) is 0 Å². The number of rotatable bonds is 10. The van der Waals surface area contributed by atoms with Crippen LogP contribution in [0.5, 0.6) is 0 Å². The summed E-state index contributed by atoms with van der Waals surface area (Å²) in [5, 5.41) is 11.9. The van der Waals surface area contributed by atoms with Crippen molar-refractivity contribution in [3.8, 4) is 0 Å². The number of thiocarbonyl (C=S) groups is 1. The molecule has 4 N–H and O–H groups in total. The molecule has 0 aromatic heterocycles. The standard InChI is InChI=1S/C16H23IN2O2S/c17-13-9-7-12(8-10-13)4-3-6-15(22)19-11-2-1-5-14(18)16(20)21/h7-10,14H,1-6,11,18H2,(H,19,22)(H,20,21)/t14-/m0/s1/i17+4. The first-order chi connectivity index (χ1) is 10.5. The maximum absolute atomic E-state index is 10.6. The number of aryl methyl sites for hydroxylation is 1. The predicted molar refractivity (Wildman–Crippen MR) is 102 cm³/mol. The summed E-state index contributed by atoms with van der Waals surface area (Å²) < 4.78 is 1.25. The van der Waals surface area contributed by atoms with Crippen molar-refractivity contribution in [3.05, 3.63) is 33.4 Å². The van der Waals surface area contributed by atoms with Gasteiger partial charge in [0, 0.05) is 10.1 Å². The van der Waals surface area contributed by atoms with Crippen LogP contribution < -0.4 is 11.1 Å². The van der Waals surface area contributed by atoms with E-state index in [2.05, 4.69) is 52.2 Å². The van der Waals surface area contributed by atoms with E-state index in [1.165, 1.54) is 9.13 Å². The zero-order valence-electron chi connectivity index (χ0n) is 12.6. The summed E-state index contributed by atoms with van der Waals surface area (Å²) >= 11 is 7.60. The van der Waals surface area contributed by atoms with Crippen molar-refractivity contribution in [1.82, 2.24) is 5.32 Å². The van der Waals surface area contributed by atoms with Gasteiger partial charge in [-0.2, -0.15) is 0 Å². The van der Waals surface area contributed by atoms with Gasteiger partial charge in [0.1, 0.15) is 6.04 Å². The highest BCUT2D eigenvalue weighted by molar-refractivity contribution is 14.1. The van der Waals surface area contributed by atoms with Gasteiger partial charge in [-0.25, -0.2) is 0 Å². The fourth-order valence-electron chi connectivity index (χ4n) is 2.03. The molecule has 0 aliphatic rings. The van der Waals surface area contributed by atoms with Crippen LogP contribution in [0.25, 0.3) is 0 Å². The second-order valence-electron chi connectivity index (χ2n) is 5.27. The zero-order chi connectivity index (χ0) is 16.4. The molecule has 0 radical (unpaired) electrons. The maximum Gasteiger partial charge on any atom is 0.320 e. The van der Waals surface area contributed by atoms with Crippen LogP contribution in [0.15, 0.2) is 24.3 Å². The molecule has 0 amide bonds. The minimum absolute atomic E-state index is 0.510. The van der Waals surface area contributed by atoms with Crippen LogP contribution >= 0.6 is 34.8 Å². The molecule has 1 rings (SSSR count). The van der Waals surface area contributed by atoms with Crippen molar-refractivity contribution in [1.29, 1.82) is 0 Å². The summed E-state index contributed by atoms with van der Waals surface area (Å²) in [4.78, 5) is 11.4. The molecule has 122 valence electrons. The topological polar surface area (TPSA) is 75.3 Å². The molecule has 22 heavy (non-hydrogen) atoms. The highest BCUT2D eigenvalue weighted by atomic mass is 131. The number of hydrogen-bond acceptors (Lipinski definition) is 3. The first kappa shape index (κ1) is 19.3. The number of nitrogens with one attached hydrogen (secondary N) is 1. The molecule has 0 saturated carbocycles. The normalized spacial score (nSPS) is 11.9. The Labute approximate surface area is 151 Å². The predicted octanol–water partition coefficient (Wildman–Crippen LogP) is 3.11. The fraction of sp³-hybridized carbons (Fsp3) is 0.500. The molecule has 0 unspecified atom stereocenters. The molecule has 1 aromatic carbocycles. The number of carboxylic acid groups (broad SMARTS) is 1. The second kappa shape index (κ2) is 10.9. The van der Waals surface area contributed by atoms with Gasteiger partial charge >= 0.3 is 5.97 Å². The molecule has 0 aliphatic heterocycles. The van der Waals surface area contributed by atoms with E-state index in [0.29, 0.717) is 6.42 Å². The SMILES string of the molecule is N[C@@H](CCCCNC(=S)CCCc1ccc([131I])cc1)C(=O)O. The number of unbranched alkanes of at least 4 members (excludes halogenated alkanes) is 1. The Morgan fingerprint density at radius 2 is 1.95 bits per heavy atom. The van der Waals surface area contributed by atoms with E-state index in [1.54, 1.807) is 0 Å². The number of carboxylic acids is 1. The van der Waals surface area contributed by atoms with E-state index in [1.807, 2.05) is 0 Å². The number of hydrogen-bond donors (Lipinski definition) is 3. The average Bonchev–Trinajstić information content (AvgIpc) is 2.48. The van der Waals surface area contributed by atoms with E-state index >= 15 is 0 Å². The lowest BCUT2D eigenvalue weighted by atomic mass is 10.1. The Hall–Kier alpha value is -0.730. The lowest BCUT2D eigenvalue weighted by molar-refractivity contribution is -0.138. The third-order valence-electron chi connectivity index (χ3n) is 3.36. The first-order valence-electron chi connectivity index (χ1n) is 7.48.